The molecule has 2 aromatic heterocycles. The minimum absolute atomic E-state index is 0. The molecule has 0 saturated heterocycles. The van der Waals surface area contributed by atoms with Crippen molar-refractivity contribution >= 4 is 63.3 Å². The lowest BCUT2D eigenvalue weighted by Crippen LogP contribution is -2.16. The average Bonchev–Trinajstić information content (AvgIpc) is 3.19. The van der Waals surface area contributed by atoms with Crippen LogP contribution in [0.3, 0.4) is 0 Å². The molecular formula is C25H26Cl2N4O. The first-order valence-corrected chi connectivity index (χ1v) is 10.3. The molecule has 5 aromatic rings. The van der Waals surface area contributed by atoms with Gasteiger partial charge < -0.3 is 14.6 Å². The Morgan fingerprint density at radius 1 is 0.844 bits per heavy atom. The van der Waals surface area contributed by atoms with Crippen molar-refractivity contribution < 1.29 is 4.42 Å². The molecule has 0 bridgehead atoms. The summed E-state index contributed by atoms with van der Waals surface area (Å²) < 4.78 is 6.04. The van der Waals surface area contributed by atoms with Gasteiger partial charge >= 0.3 is 0 Å². The lowest BCUT2D eigenvalue weighted by molar-refractivity contribution is 0.405. The van der Waals surface area contributed by atoms with Crippen LogP contribution >= 0.6 is 24.8 Å². The third-order valence-electron chi connectivity index (χ3n) is 5.28. The van der Waals surface area contributed by atoms with Crippen LogP contribution < -0.4 is 5.32 Å². The molecular weight excluding hydrogens is 443 g/mol. The topological polar surface area (TPSA) is 54.2 Å². The molecule has 0 spiro atoms. The standard InChI is InChI=1S/C25H24N4O.2ClH/c1-29(2)13-7-12-26-24-20-14-17-8-3-4-9-18(17)15-21(20)27-25(28-24)23-16-19-10-5-6-11-22(19)30-23;;/h3-6,8-11,14-16H,7,12-13H2,1-2H3,(H,26,27,28);2*1H. The van der Waals surface area contributed by atoms with Crippen LogP contribution in [0.5, 0.6) is 0 Å². The number of nitrogens with zero attached hydrogens (tertiary/aromatic N) is 3. The van der Waals surface area contributed by atoms with Gasteiger partial charge in [0.05, 0.1) is 5.52 Å². The molecule has 166 valence electrons. The van der Waals surface area contributed by atoms with E-state index in [0.717, 1.165) is 52.6 Å². The van der Waals surface area contributed by atoms with Gasteiger partial charge in [-0.15, -0.1) is 24.8 Å². The zero-order valence-corrected chi connectivity index (χ0v) is 19.7. The van der Waals surface area contributed by atoms with Crippen LogP contribution in [0.15, 0.2) is 71.1 Å². The first-order chi connectivity index (χ1) is 14.7. The summed E-state index contributed by atoms with van der Waals surface area (Å²) in [5.74, 6) is 2.13. The molecule has 0 unspecified atom stereocenters. The van der Waals surface area contributed by atoms with Crippen molar-refractivity contribution in [2.24, 2.45) is 0 Å². The first-order valence-electron chi connectivity index (χ1n) is 10.3. The van der Waals surface area contributed by atoms with E-state index in [4.69, 9.17) is 14.4 Å². The Labute approximate surface area is 199 Å². The number of nitrogens with one attached hydrogen (secondary N) is 1. The van der Waals surface area contributed by atoms with E-state index in [2.05, 4.69) is 60.7 Å². The van der Waals surface area contributed by atoms with Crippen molar-refractivity contribution in [2.45, 2.75) is 6.42 Å². The number of anilines is 1. The van der Waals surface area contributed by atoms with Crippen LogP contribution in [0.1, 0.15) is 6.42 Å². The number of halogens is 2. The lowest BCUT2D eigenvalue weighted by atomic mass is 10.1. The predicted octanol–water partition coefficient (Wildman–Crippen LogP) is 6.40. The summed E-state index contributed by atoms with van der Waals surface area (Å²) in [5.41, 5.74) is 1.75. The SMILES string of the molecule is CN(C)CCCNc1nc(-c2cc3ccccc3o2)nc2cc3ccccc3cc12.Cl.Cl. The van der Waals surface area contributed by atoms with Crippen molar-refractivity contribution in [3.05, 3.63) is 66.7 Å². The number of fused-ring (bicyclic) bond motifs is 3. The molecule has 1 N–H and O–H groups in total. The minimum Gasteiger partial charge on any atom is -0.453 e. The van der Waals surface area contributed by atoms with Crippen molar-refractivity contribution in [1.29, 1.82) is 0 Å². The fourth-order valence-corrected chi connectivity index (χ4v) is 3.75. The number of aromatic nitrogens is 2. The van der Waals surface area contributed by atoms with E-state index in [9.17, 15) is 0 Å². The molecule has 0 aliphatic heterocycles. The monoisotopic (exact) mass is 468 g/mol. The molecule has 0 atom stereocenters. The van der Waals surface area contributed by atoms with Gasteiger partial charge in [-0.05, 0) is 62.1 Å². The van der Waals surface area contributed by atoms with Gasteiger partial charge in [0.2, 0.25) is 0 Å². The molecule has 32 heavy (non-hydrogen) atoms. The van der Waals surface area contributed by atoms with Crippen molar-refractivity contribution in [3.8, 4) is 11.6 Å². The molecule has 7 heteroatoms. The fraction of sp³-hybridized carbons (Fsp3) is 0.200. The molecule has 0 amide bonds. The molecule has 0 saturated carbocycles. The summed E-state index contributed by atoms with van der Waals surface area (Å²) in [5, 5.41) is 7.96. The van der Waals surface area contributed by atoms with Gasteiger partial charge in [-0.2, -0.15) is 0 Å². The van der Waals surface area contributed by atoms with E-state index < -0.39 is 0 Å². The molecule has 2 heterocycles. The Morgan fingerprint density at radius 3 is 2.25 bits per heavy atom. The second kappa shape index (κ2) is 10.2. The summed E-state index contributed by atoms with van der Waals surface area (Å²) in [6, 6.07) is 22.6. The maximum atomic E-state index is 6.04. The Morgan fingerprint density at radius 2 is 1.53 bits per heavy atom. The fourth-order valence-electron chi connectivity index (χ4n) is 3.75. The van der Waals surface area contributed by atoms with Crippen LogP contribution in [-0.4, -0.2) is 42.1 Å². The quantitative estimate of drug-likeness (QED) is 0.230. The number of hydrogen-bond donors (Lipinski definition) is 1. The van der Waals surface area contributed by atoms with E-state index >= 15 is 0 Å². The van der Waals surface area contributed by atoms with E-state index in [1.54, 1.807) is 0 Å². The van der Waals surface area contributed by atoms with Gasteiger partial charge in [0.25, 0.3) is 0 Å². The van der Waals surface area contributed by atoms with E-state index in [1.807, 2.05) is 30.3 Å². The van der Waals surface area contributed by atoms with Crippen LogP contribution in [0.4, 0.5) is 5.82 Å². The summed E-state index contributed by atoms with van der Waals surface area (Å²) >= 11 is 0. The van der Waals surface area contributed by atoms with Crippen LogP contribution in [0.25, 0.3) is 44.2 Å². The lowest BCUT2D eigenvalue weighted by Gasteiger charge is -2.13. The van der Waals surface area contributed by atoms with Crippen molar-refractivity contribution in [2.75, 3.05) is 32.5 Å². The van der Waals surface area contributed by atoms with E-state index in [1.165, 1.54) is 5.39 Å². The summed E-state index contributed by atoms with van der Waals surface area (Å²) in [6.45, 7) is 1.87. The zero-order chi connectivity index (χ0) is 20.5. The third kappa shape index (κ3) is 4.80. The van der Waals surface area contributed by atoms with Gasteiger partial charge in [0.1, 0.15) is 11.4 Å². The van der Waals surface area contributed by atoms with Gasteiger partial charge in [-0.3, -0.25) is 0 Å². The number of furan rings is 1. The Balaban J connectivity index is 0.00000144. The highest BCUT2D eigenvalue weighted by atomic mass is 35.5. The number of rotatable bonds is 6. The minimum atomic E-state index is 0. The Kier molecular flexibility index (Phi) is 7.56. The second-order valence-electron chi connectivity index (χ2n) is 7.84. The molecule has 0 radical (unpaired) electrons. The Bertz CT molecular complexity index is 1320. The average molecular weight is 469 g/mol. The van der Waals surface area contributed by atoms with Crippen LogP contribution in [-0.2, 0) is 0 Å². The smallest absolute Gasteiger partial charge is 0.198 e. The summed E-state index contributed by atoms with van der Waals surface area (Å²) in [7, 11) is 4.18. The van der Waals surface area contributed by atoms with Crippen LogP contribution in [0, 0.1) is 0 Å². The number of hydrogen-bond acceptors (Lipinski definition) is 5. The highest BCUT2D eigenvalue weighted by molar-refractivity contribution is 6.01. The largest absolute Gasteiger partial charge is 0.453 e. The highest BCUT2D eigenvalue weighted by Crippen LogP contribution is 2.31. The van der Waals surface area contributed by atoms with Crippen LogP contribution in [0.2, 0.25) is 0 Å². The van der Waals surface area contributed by atoms with Gasteiger partial charge in [0, 0.05) is 17.3 Å². The summed E-state index contributed by atoms with van der Waals surface area (Å²) in [4.78, 5) is 11.9. The van der Waals surface area contributed by atoms with E-state index in [-0.39, 0.29) is 24.8 Å². The number of benzene rings is 3. The molecule has 0 aliphatic carbocycles. The zero-order valence-electron chi connectivity index (χ0n) is 18.0. The normalized spacial score (nSPS) is 11.0. The molecule has 5 nitrogen and oxygen atoms in total. The van der Waals surface area contributed by atoms with Gasteiger partial charge in [-0.1, -0.05) is 42.5 Å². The molecule has 3 aromatic carbocycles. The maximum absolute atomic E-state index is 6.04. The third-order valence-corrected chi connectivity index (χ3v) is 5.28. The highest BCUT2D eigenvalue weighted by Gasteiger charge is 2.14. The van der Waals surface area contributed by atoms with Gasteiger partial charge in [-0.25, -0.2) is 9.97 Å². The first kappa shape index (κ1) is 23.8. The summed E-state index contributed by atoms with van der Waals surface area (Å²) in [6.07, 6.45) is 1.03. The maximum Gasteiger partial charge on any atom is 0.198 e. The Hall–Kier alpha value is -2.86. The van der Waals surface area contributed by atoms with Crippen molar-refractivity contribution in [1.82, 2.24) is 14.9 Å². The predicted molar refractivity (Wildman–Crippen MR) is 138 cm³/mol. The molecule has 0 aliphatic rings. The number of para-hydroxylation sites is 1. The van der Waals surface area contributed by atoms with Gasteiger partial charge in [0.15, 0.2) is 11.6 Å². The molecule has 0 fully saturated rings. The van der Waals surface area contributed by atoms with E-state index in [0.29, 0.717) is 11.6 Å². The second-order valence-corrected chi connectivity index (χ2v) is 7.84. The van der Waals surface area contributed by atoms with Crippen molar-refractivity contribution in [3.63, 3.8) is 0 Å². The molecule has 5 rings (SSSR count).